The first-order valence-corrected chi connectivity index (χ1v) is 28.1. The van der Waals surface area contributed by atoms with E-state index >= 15 is 0 Å². The Labute approximate surface area is 472 Å². The Balaban J connectivity index is 0.923. The van der Waals surface area contributed by atoms with Crippen LogP contribution < -0.4 is 0 Å². The molecule has 3 aromatic heterocycles. The zero-order chi connectivity index (χ0) is 53.4. The lowest BCUT2D eigenvalue weighted by atomic mass is 9.93. The van der Waals surface area contributed by atoms with Crippen molar-refractivity contribution < 1.29 is 0 Å². The number of hydrogen-bond acceptors (Lipinski definition) is 3. The average molecular weight is 1030 g/mol. The molecular formula is C78H51N3. The van der Waals surface area contributed by atoms with Crippen LogP contribution in [0.3, 0.4) is 0 Å². The average Bonchev–Trinajstić information content (AvgIpc) is 4.31. The molecule has 3 aliphatic rings. The molecule has 0 saturated heterocycles. The van der Waals surface area contributed by atoms with Gasteiger partial charge in [-0.05, 0) is 186 Å². The molecule has 0 N–H and O–H groups in total. The van der Waals surface area contributed by atoms with Gasteiger partial charge in [-0.2, -0.15) is 0 Å². The smallest absolute Gasteiger partial charge is 0.0718 e. The monoisotopic (exact) mass is 1030 g/mol. The summed E-state index contributed by atoms with van der Waals surface area (Å²) in [6.45, 7) is 0. The lowest BCUT2D eigenvalue weighted by Gasteiger charge is -2.17. The first-order valence-electron chi connectivity index (χ1n) is 28.1. The second-order valence-corrected chi connectivity index (χ2v) is 21.9. The van der Waals surface area contributed by atoms with Gasteiger partial charge < -0.3 is 0 Å². The summed E-state index contributed by atoms with van der Waals surface area (Å²) in [5.41, 5.74) is 34.2. The lowest BCUT2D eigenvalue weighted by Crippen LogP contribution is -1.97. The van der Waals surface area contributed by atoms with E-state index in [0.29, 0.717) is 0 Å². The van der Waals surface area contributed by atoms with E-state index in [1.54, 1.807) is 0 Å². The summed E-state index contributed by atoms with van der Waals surface area (Å²) < 4.78 is 0. The molecule has 3 heteroatoms. The lowest BCUT2D eigenvalue weighted by molar-refractivity contribution is 1.24. The molecule has 3 nitrogen and oxygen atoms in total. The highest BCUT2D eigenvalue weighted by Crippen LogP contribution is 2.45. The summed E-state index contributed by atoms with van der Waals surface area (Å²) in [5, 5.41) is 0. The van der Waals surface area contributed by atoms with E-state index in [2.05, 4.69) is 273 Å². The molecule has 3 heterocycles. The molecule has 0 spiro atoms. The molecule has 0 amide bonds. The van der Waals surface area contributed by atoms with Crippen LogP contribution in [0.5, 0.6) is 0 Å². The second-order valence-electron chi connectivity index (χ2n) is 21.9. The predicted octanol–water partition coefficient (Wildman–Crippen LogP) is 19.6. The molecule has 0 atom stereocenters. The Hall–Kier alpha value is -10.4. The molecule has 0 fully saturated rings. The van der Waals surface area contributed by atoms with Crippen molar-refractivity contribution in [2.24, 2.45) is 0 Å². The maximum absolute atomic E-state index is 5.73. The van der Waals surface area contributed by atoms with Crippen molar-refractivity contribution in [3.63, 3.8) is 0 Å². The highest BCUT2D eigenvalue weighted by molar-refractivity contribution is 5.90. The van der Waals surface area contributed by atoms with E-state index in [1.165, 1.54) is 66.8 Å². The maximum atomic E-state index is 5.73. The van der Waals surface area contributed by atoms with Crippen molar-refractivity contribution in [2.45, 2.75) is 19.3 Å². The normalized spacial score (nSPS) is 12.3. The Morgan fingerprint density at radius 1 is 0.173 bits per heavy atom. The topological polar surface area (TPSA) is 38.7 Å². The van der Waals surface area contributed by atoms with Gasteiger partial charge in [-0.15, -0.1) is 0 Å². The summed E-state index contributed by atoms with van der Waals surface area (Å²) in [7, 11) is 0. The van der Waals surface area contributed by atoms with Crippen molar-refractivity contribution in [3.8, 4) is 134 Å². The van der Waals surface area contributed by atoms with Crippen molar-refractivity contribution in [1.29, 1.82) is 0 Å². The third-order valence-corrected chi connectivity index (χ3v) is 16.9. The minimum absolute atomic E-state index is 0.861. The van der Waals surface area contributed by atoms with Gasteiger partial charge in [0.25, 0.3) is 0 Å². The third-order valence-electron chi connectivity index (χ3n) is 16.9. The van der Waals surface area contributed by atoms with Crippen LogP contribution in [0.4, 0.5) is 0 Å². The summed E-state index contributed by atoms with van der Waals surface area (Å²) in [6, 6.07) is 99.5. The highest BCUT2D eigenvalue weighted by Gasteiger charge is 2.25. The fraction of sp³-hybridized carbons (Fsp3) is 0.0385. The number of aromatic nitrogens is 3. The van der Waals surface area contributed by atoms with Gasteiger partial charge in [-0.25, -0.2) is 15.0 Å². The Bertz CT molecular complexity index is 4450. The van der Waals surface area contributed by atoms with Crippen LogP contribution in [0, 0.1) is 0 Å². The van der Waals surface area contributed by atoms with E-state index in [-0.39, 0.29) is 0 Å². The summed E-state index contributed by atoms with van der Waals surface area (Å²) in [6.07, 6.45) is 2.67. The quantitative estimate of drug-likeness (QED) is 0.145. The van der Waals surface area contributed by atoms with Crippen molar-refractivity contribution in [3.05, 3.63) is 306 Å². The highest BCUT2D eigenvalue weighted by atomic mass is 14.7. The van der Waals surface area contributed by atoms with Crippen LogP contribution >= 0.6 is 0 Å². The molecule has 81 heavy (non-hydrogen) atoms. The largest absolute Gasteiger partial charge is 0.248 e. The number of hydrogen-bond donors (Lipinski definition) is 0. The third kappa shape index (κ3) is 8.41. The standard InChI is InChI=1S/C78H51N3/c1-4-17-49(18-5-1)57-43-73(55-31-33-68-60(37-55)35-52-23-10-13-26-65(52)68)79-75(45-57)62-39-63(76-46-58(50-19-6-2-7-20-50)44-74(80-76)56-32-34-69-61(38-56)36-53-24-11-14-27-66(53)69)41-64(40-62)77-47-59(51-21-8-3-9-22-51)48-78(81-77)71-30-16-29-70-67-28-15-12-25-54(67)42-72(70)71/h1-34,37-41,43-48H,35-36,42H2. The van der Waals surface area contributed by atoms with Crippen molar-refractivity contribution in [2.75, 3.05) is 0 Å². The van der Waals surface area contributed by atoms with Crippen LogP contribution in [-0.4, -0.2) is 15.0 Å². The van der Waals surface area contributed by atoms with Crippen molar-refractivity contribution in [1.82, 2.24) is 15.0 Å². The molecule has 0 saturated carbocycles. The molecule has 0 radical (unpaired) electrons. The van der Waals surface area contributed by atoms with Crippen molar-refractivity contribution >= 4 is 0 Å². The number of nitrogens with zero attached hydrogens (tertiary/aromatic N) is 3. The van der Waals surface area contributed by atoms with E-state index in [4.69, 9.17) is 15.0 Å². The van der Waals surface area contributed by atoms with Gasteiger partial charge in [0.1, 0.15) is 0 Å². The Morgan fingerprint density at radius 2 is 0.494 bits per heavy atom. The number of fused-ring (bicyclic) bond motifs is 9. The maximum Gasteiger partial charge on any atom is 0.0718 e. The van der Waals surface area contributed by atoms with Crippen LogP contribution in [0.1, 0.15) is 33.4 Å². The first kappa shape index (κ1) is 46.7. The van der Waals surface area contributed by atoms with E-state index < -0.39 is 0 Å². The molecule has 13 aromatic rings. The van der Waals surface area contributed by atoms with Gasteiger partial charge in [0.05, 0.1) is 34.2 Å². The molecule has 10 aromatic carbocycles. The van der Waals surface area contributed by atoms with Gasteiger partial charge in [0.15, 0.2) is 0 Å². The van der Waals surface area contributed by atoms with Crippen LogP contribution in [0.15, 0.2) is 273 Å². The van der Waals surface area contributed by atoms with E-state index in [9.17, 15) is 0 Å². The van der Waals surface area contributed by atoms with Crippen LogP contribution in [-0.2, 0) is 19.3 Å². The molecule has 0 bridgehead atoms. The summed E-state index contributed by atoms with van der Waals surface area (Å²) in [5.74, 6) is 0. The minimum atomic E-state index is 0.861. The van der Waals surface area contributed by atoms with Gasteiger partial charge in [0, 0.05) is 33.4 Å². The van der Waals surface area contributed by atoms with Gasteiger partial charge in [-0.1, -0.05) is 206 Å². The van der Waals surface area contributed by atoms with E-state index in [0.717, 1.165) is 120 Å². The predicted molar refractivity (Wildman–Crippen MR) is 333 cm³/mol. The number of rotatable bonds is 9. The van der Waals surface area contributed by atoms with Gasteiger partial charge in [-0.3, -0.25) is 0 Å². The first-order chi connectivity index (χ1) is 40.1. The molecule has 0 unspecified atom stereocenters. The molecule has 16 rings (SSSR count). The molecule has 3 aliphatic carbocycles. The molecule has 0 aliphatic heterocycles. The van der Waals surface area contributed by atoms with E-state index in [1.807, 2.05) is 0 Å². The Morgan fingerprint density at radius 3 is 0.938 bits per heavy atom. The Kier molecular flexibility index (Phi) is 11.1. The van der Waals surface area contributed by atoms with Crippen LogP contribution in [0.2, 0.25) is 0 Å². The number of pyridine rings is 3. The SMILES string of the molecule is c1ccc(-c2cc(-c3cc(-c4cc(-c5ccccc5)cc(-c5ccc6c(c5)Cc5ccccc5-6)n4)cc(-c4cc(-c5ccccc5)cc(-c5cccc6c5Cc5ccccc5-6)n4)c3)nc(-c3ccc4c(c3)Cc3ccccc3-4)c2)cc1. The zero-order valence-electron chi connectivity index (χ0n) is 44.4. The fourth-order valence-electron chi connectivity index (χ4n) is 12.9. The molecule has 378 valence electrons. The number of benzene rings is 10. The van der Waals surface area contributed by atoms with Gasteiger partial charge >= 0.3 is 0 Å². The fourth-order valence-corrected chi connectivity index (χ4v) is 12.9. The van der Waals surface area contributed by atoms with Gasteiger partial charge in [0.2, 0.25) is 0 Å². The minimum Gasteiger partial charge on any atom is -0.248 e. The molecular weight excluding hydrogens is 979 g/mol. The van der Waals surface area contributed by atoms with Crippen LogP contribution in [0.25, 0.3) is 134 Å². The summed E-state index contributed by atoms with van der Waals surface area (Å²) in [4.78, 5) is 17.1. The zero-order valence-corrected chi connectivity index (χ0v) is 44.4. The summed E-state index contributed by atoms with van der Waals surface area (Å²) >= 11 is 0. The second kappa shape index (κ2) is 19.2.